The Morgan fingerprint density at radius 2 is 2.08 bits per heavy atom. The van der Waals surface area contributed by atoms with Crippen molar-refractivity contribution >= 4 is 27.5 Å². The highest BCUT2D eigenvalue weighted by molar-refractivity contribution is 7.17. The predicted octanol–water partition coefficient (Wildman–Crippen LogP) is 1.83. The number of fused-ring (bicyclic) bond motifs is 1. The van der Waals surface area contributed by atoms with Gasteiger partial charge in [0.2, 0.25) is 0 Å². The number of benzene rings is 1. The molecule has 7 heteroatoms. The molecular weight excluding hydrogens is 328 g/mol. The van der Waals surface area contributed by atoms with Crippen LogP contribution < -0.4 is 15.4 Å². The summed E-state index contributed by atoms with van der Waals surface area (Å²) in [6.07, 6.45) is 1.53. The van der Waals surface area contributed by atoms with E-state index in [1.165, 1.54) is 17.7 Å². The second-order valence-corrected chi connectivity index (χ2v) is 6.12. The number of carboxylic acids is 1. The molecule has 1 aromatic carbocycles. The standard InChI is InChI=1S/C17H16N2O4S/c1-3-13(17(21)22)19-9-18-15-14(16(19)20)12(8-24-15)10-4-6-11(23-2)7-5-10/h4-9,13H,3H2,1-2H3,(H,21,22)/p-1. The van der Waals surface area contributed by atoms with Crippen molar-refractivity contribution in [1.29, 1.82) is 0 Å². The third kappa shape index (κ3) is 2.67. The van der Waals surface area contributed by atoms with Gasteiger partial charge in [-0.15, -0.1) is 11.3 Å². The maximum Gasteiger partial charge on any atom is 0.263 e. The molecule has 0 N–H and O–H groups in total. The number of rotatable bonds is 5. The van der Waals surface area contributed by atoms with Crippen molar-refractivity contribution in [3.05, 3.63) is 46.3 Å². The number of carbonyl (C=O) groups is 1. The van der Waals surface area contributed by atoms with Crippen molar-refractivity contribution in [3.8, 4) is 16.9 Å². The molecule has 2 heterocycles. The number of hydrogen-bond donors (Lipinski definition) is 0. The Kier molecular flexibility index (Phi) is 4.35. The Morgan fingerprint density at radius 3 is 2.67 bits per heavy atom. The molecule has 3 aromatic rings. The Bertz CT molecular complexity index is 943. The van der Waals surface area contributed by atoms with E-state index in [0.29, 0.717) is 10.2 Å². The number of aromatic nitrogens is 2. The third-order valence-corrected chi connectivity index (χ3v) is 4.80. The van der Waals surface area contributed by atoms with Gasteiger partial charge in [-0.3, -0.25) is 9.36 Å². The molecule has 1 atom stereocenters. The minimum atomic E-state index is -1.29. The number of aliphatic carboxylic acids is 1. The predicted molar refractivity (Wildman–Crippen MR) is 90.2 cm³/mol. The molecule has 0 aliphatic heterocycles. The first-order chi connectivity index (χ1) is 11.6. The SMILES string of the molecule is CCC(C(=O)[O-])n1cnc2scc(-c3ccc(OC)cc3)c2c1=O. The molecule has 1 unspecified atom stereocenters. The third-order valence-electron chi connectivity index (χ3n) is 3.91. The molecule has 6 nitrogen and oxygen atoms in total. The molecule has 0 saturated carbocycles. The Hall–Kier alpha value is -2.67. The fourth-order valence-corrected chi connectivity index (χ4v) is 3.53. The van der Waals surface area contributed by atoms with Crippen LogP contribution >= 0.6 is 11.3 Å². The summed E-state index contributed by atoms with van der Waals surface area (Å²) in [5.74, 6) is -0.571. The Morgan fingerprint density at radius 1 is 1.38 bits per heavy atom. The van der Waals surface area contributed by atoms with Crippen LogP contribution in [-0.4, -0.2) is 22.6 Å². The second-order valence-electron chi connectivity index (χ2n) is 5.26. The van der Waals surface area contributed by atoms with Crippen molar-refractivity contribution < 1.29 is 14.6 Å². The highest BCUT2D eigenvalue weighted by Crippen LogP contribution is 2.31. The van der Waals surface area contributed by atoms with Crippen molar-refractivity contribution in [3.63, 3.8) is 0 Å². The smallest absolute Gasteiger partial charge is 0.263 e. The van der Waals surface area contributed by atoms with E-state index >= 15 is 0 Å². The van der Waals surface area contributed by atoms with E-state index in [2.05, 4.69) is 4.98 Å². The first-order valence-corrected chi connectivity index (χ1v) is 8.28. The van der Waals surface area contributed by atoms with Gasteiger partial charge in [-0.2, -0.15) is 0 Å². The van der Waals surface area contributed by atoms with Gasteiger partial charge < -0.3 is 14.6 Å². The first-order valence-electron chi connectivity index (χ1n) is 7.40. The largest absolute Gasteiger partial charge is 0.548 e. The zero-order chi connectivity index (χ0) is 17.3. The molecule has 0 fully saturated rings. The van der Waals surface area contributed by atoms with Crippen LogP contribution in [0.3, 0.4) is 0 Å². The van der Waals surface area contributed by atoms with Gasteiger partial charge in [-0.1, -0.05) is 19.1 Å². The Labute approximate surface area is 142 Å². The normalized spacial score (nSPS) is 12.2. The van der Waals surface area contributed by atoms with E-state index in [4.69, 9.17) is 4.74 Å². The number of carbonyl (C=O) groups excluding carboxylic acids is 1. The topological polar surface area (TPSA) is 84.2 Å². The summed E-state index contributed by atoms with van der Waals surface area (Å²) in [7, 11) is 1.59. The molecule has 0 radical (unpaired) electrons. The van der Waals surface area contributed by atoms with Crippen LogP contribution in [0.15, 0.2) is 40.8 Å². The molecule has 0 amide bonds. The Balaban J connectivity index is 2.20. The molecular formula is C17H15N2O4S-. The van der Waals surface area contributed by atoms with Crippen LogP contribution in [0.2, 0.25) is 0 Å². The van der Waals surface area contributed by atoms with Gasteiger partial charge in [-0.05, 0) is 24.1 Å². The molecule has 3 rings (SSSR count). The van der Waals surface area contributed by atoms with Gasteiger partial charge in [-0.25, -0.2) is 4.98 Å². The van der Waals surface area contributed by atoms with Crippen LogP contribution in [-0.2, 0) is 4.79 Å². The van der Waals surface area contributed by atoms with Gasteiger partial charge in [0.25, 0.3) is 5.56 Å². The second kappa shape index (κ2) is 6.45. The van der Waals surface area contributed by atoms with Crippen LogP contribution in [0.4, 0.5) is 0 Å². The minimum Gasteiger partial charge on any atom is -0.548 e. The van der Waals surface area contributed by atoms with Crippen LogP contribution in [0.5, 0.6) is 5.75 Å². The van der Waals surface area contributed by atoms with E-state index in [1.807, 2.05) is 29.6 Å². The molecule has 24 heavy (non-hydrogen) atoms. The van der Waals surface area contributed by atoms with Crippen LogP contribution in [0.1, 0.15) is 19.4 Å². The molecule has 0 bridgehead atoms. The minimum absolute atomic E-state index is 0.247. The van der Waals surface area contributed by atoms with Crippen LogP contribution in [0, 0.1) is 0 Å². The lowest BCUT2D eigenvalue weighted by Crippen LogP contribution is -2.37. The molecule has 0 saturated heterocycles. The summed E-state index contributed by atoms with van der Waals surface area (Å²) in [4.78, 5) is 28.9. The first kappa shape index (κ1) is 16.2. The maximum atomic E-state index is 12.8. The molecule has 0 aliphatic carbocycles. The fourth-order valence-electron chi connectivity index (χ4n) is 2.63. The van der Waals surface area contributed by atoms with Gasteiger partial charge in [0.05, 0.1) is 30.8 Å². The van der Waals surface area contributed by atoms with E-state index < -0.39 is 12.0 Å². The summed E-state index contributed by atoms with van der Waals surface area (Å²) in [5, 5.41) is 13.5. The van der Waals surface area contributed by atoms with E-state index in [9.17, 15) is 14.7 Å². The van der Waals surface area contributed by atoms with Gasteiger partial charge >= 0.3 is 0 Å². The average Bonchev–Trinajstić information content (AvgIpc) is 3.02. The lowest BCUT2D eigenvalue weighted by atomic mass is 10.1. The summed E-state index contributed by atoms with van der Waals surface area (Å²) in [5.41, 5.74) is 1.21. The molecule has 124 valence electrons. The fraction of sp³-hybridized carbons (Fsp3) is 0.235. The summed E-state index contributed by atoms with van der Waals surface area (Å²) in [6, 6.07) is 6.30. The number of thiophene rings is 1. The quantitative estimate of drug-likeness (QED) is 0.706. The van der Waals surface area contributed by atoms with E-state index in [-0.39, 0.29) is 12.0 Å². The maximum absolute atomic E-state index is 12.8. The van der Waals surface area contributed by atoms with Crippen LogP contribution in [0.25, 0.3) is 21.3 Å². The lowest BCUT2D eigenvalue weighted by molar-refractivity contribution is -0.310. The summed E-state index contributed by atoms with van der Waals surface area (Å²) < 4.78 is 6.28. The van der Waals surface area contributed by atoms with Gasteiger partial charge in [0.1, 0.15) is 10.6 Å². The van der Waals surface area contributed by atoms with Gasteiger partial charge in [0.15, 0.2) is 0 Å². The number of ether oxygens (including phenoxy) is 1. The zero-order valence-electron chi connectivity index (χ0n) is 13.2. The number of carboxylic acid groups (broad SMARTS) is 1. The summed E-state index contributed by atoms with van der Waals surface area (Å²) >= 11 is 1.35. The zero-order valence-corrected chi connectivity index (χ0v) is 14.0. The molecule has 2 aromatic heterocycles. The van der Waals surface area contributed by atoms with Crippen molar-refractivity contribution in [2.75, 3.05) is 7.11 Å². The van der Waals surface area contributed by atoms with E-state index in [1.54, 1.807) is 14.0 Å². The average molecular weight is 343 g/mol. The number of hydrogen-bond acceptors (Lipinski definition) is 6. The summed E-state index contributed by atoms with van der Waals surface area (Å²) in [6.45, 7) is 1.69. The lowest BCUT2D eigenvalue weighted by Gasteiger charge is -2.18. The number of methoxy groups -OCH3 is 1. The van der Waals surface area contributed by atoms with Crippen molar-refractivity contribution in [1.82, 2.24) is 9.55 Å². The van der Waals surface area contributed by atoms with E-state index in [0.717, 1.165) is 21.4 Å². The van der Waals surface area contributed by atoms with Gasteiger partial charge in [0, 0.05) is 10.9 Å². The molecule has 0 aliphatic rings. The highest BCUT2D eigenvalue weighted by Gasteiger charge is 2.17. The highest BCUT2D eigenvalue weighted by atomic mass is 32.1. The van der Waals surface area contributed by atoms with Crippen molar-refractivity contribution in [2.24, 2.45) is 0 Å². The monoisotopic (exact) mass is 343 g/mol. The van der Waals surface area contributed by atoms with Crippen molar-refractivity contribution in [2.45, 2.75) is 19.4 Å². The number of nitrogens with zero attached hydrogens (tertiary/aromatic N) is 2. The molecule has 0 spiro atoms.